The van der Waals surface area contributed by atoms with E-state index in [-0.39, 0.29) is 17.1 Å². The number of benzene rings is 1. The van der Waals surface area contributed by atoms with Gasteiger partial charge in [0.2, 0.25) is 5.78 Å². The molecule has 0 aliphatic heterocycles. The third kappa shape index (κ3) is 4.27. The van der Waals surface area contributed by atoms with Crippen molar-refractivity contribution in [2.75, 3.05) is 6.54 Å². The number of Topliss-reactive ketones (excluding diaryl/α,β-unsaturated/α-hetero) is 1. The van der Waals surface area contributed by atoms with Crippen molar-refractivity contribution in [1.82, 2.24) is 0 Å². The highest BCUT2D eigenvalue weighted by Crippen LogP contribution is 2.26. The summed E-state index contributed by atoms with van der Waals surface area (Å²) >= 11 is 12.0. The average molecular weight is 348 g/mol. The maximum absolute atomic E-state index is 12.4. The zero-order valence-corrected chi connectivity index (χ0v) is 14.1. The summed E-state index contributed by atoms with van der Waals surface area (Å²) in [7, 11) is 0. The summed E-state index contributed by atoms with van der Waals surface area (Å²) in [4.78, 5) is 28.9. The second-order valence-electron chi connectivity index (χ2n) is 4.80. The minimum absolute atomic E-state index is 0.0975. The lowest BCUT2D eigenvalue weighted by molar-refractivity contribution is -0.116. The van der Waals surface area contributed by atoms with Gasteiger partial charge in [-0.05, 0) is 36.8 Å². The Labute approximate surface area is 145 Å². The topological polar surface area (TPSA) is 46.5 Å². The SMILES string of the molecule is CCN=C1CC=CC=C(C(=O)/C=C/c2cccc(Cl)c2Cl)C1=O. The molecule has 1 aromatic carbocycles. The minimum atomic E-state index is -0.388. The molecule has 0 aromatic heterocycles. The molecule has 2 rings (SSSR count). The van der Waals surface area contributed by atoms with Crippen LogP contribution in [0.25, 0.3) is 6.08 Å². The van der Waals surface area contributed by atoms with Gasteiger partial charge in [0.15, 0.2) is 5.78 Å². The Hall–Kier alpha value is -1.97. The van der Waals surface area contributed by atoms with Gasteiger partial charge in [0, 0.05) is 13.0 Å². The largest absolute Gasteiger partial charge is 0.289 e. The summed E-state index contributed by atoms with van der Waals surface area (Å²) in [5.74, 6) is -0.718. The maximum atomic E-state index is 12.4. The van der Waals surface area contributed by atoms with Crippen LogP contribution in [-0.4, -0.2) is 23.8 Å². The Morgan fingerprint density at radius 2 is 2.13 bits per heavy atom. The summed E-state index contributed by atoms with van der Waals surface area (Å²) in [6, 6.07) is 5.15. The summed E-state index contributed by atoms with van der Waals surface area (Å²) in [5, 5.41) is 0.777. The molecule has 0 fully saturated rings. The van der Waals surface area contributed by atoms with E-state index >= 15 is 0 Å². The summed E-state index contributed by atoms with van der Waals surface area (Å²) in [6.45, 7) is 2.35. The van der Waals surface area contributed by atoms with E-state index in [9.17, 15) is 9.59 Å². The van der Waals surface area contributed by atoms with Gasteiger partial charge in [-0.1, -0.05) is 47.5 Å². The fraction of sp³-hybridized carbons (Fsp3) is 0.167. The molecule has 0 radical (unpaired) electrons. The number of hydrogen-bond acceptors (Lipinski definition) is 3. The number of nitrogens with zero attached hydrogens (tertiary/aromatic N) is 1. The van der Waals surface area contributed by atoms with E-state index in [1.165, 1.54) is 12.2 Å². The number of carbonyl (C=O) groups excluding carboxylic acids is 2. The van der Waals surface area contributed by atoms with E-state index in [2.05, 4.69) is 4.99 Å². The van der Waals surface area contributed by atoms with Gasteiger partial charge in [-0.25, -0.2) is 0 Å². The van der Waals surface area contributed by atoms with E-state index < -0.39 is 0 Å². The summed E-state index contributed by atoms with van der Waals surface area (Å²) in [6.07, 6.45) is 8.34. The number of rotatable bonds is 4. The first-order chi connectivity index (χ1) is 11.0. The summed E-state index contributed by atoms with van der Waals surface area (Å²) < 4.78 is 0. The molecule has 23 heavy (non-hydrogen) atoms. The lowest BCUT2D eigenvalue weighted by Gasteiger charge is -2.03. The van der Waals surface area contributed by atoms with Crippen LogP contribution in [0.5, 0.6) is 0 Å². The predicted molar refractivity (Wildman–Crippen MR) is 95.3 cm³/mol. The first-order valence-electron chi connectivity index (χ1n) is 7.15. The fourth-order valence-corrected chi connectivity index (χ4v) is 2.46. The standard InChI is InChI=1S/C18H15Cl2NO2/c1-2-21-15-9-4-3-7-13(18(15)23)16(22)11-10-12-6-5-8-14(19)17(12)20/h3-8,10-11H,2,9H2,1H3/b11-10+,21-15?. The van der Waals surface area contributed by atoms with Crippen molar-refractivity contribution >= 4 is 46.6 Å². The number of ketones is 2. The van der Waals surface area contributed by atoms with Crippen LogP contribution < -0.4 is 0 Å². The Balaban J connectivity index is 2.26. The third-order valence-electron chi connectivity index (χ3n) is 3.23. The highest BCUT2D eigenvalue weighted by molar-refractivity contribution is 6.53. The minimum Gasteiger partial charge on any atom is -0.289 e. The molecule has 1 aliphatic rings. The zero-order valence-electron chi connectivity index (χ0n) is 12.6. The Morgan fingerprint density at radius 3 is 2.87 bits per heavy atom. The molecule has 0 N–H and O–H groups in total. The third-order valence-corrected chi connectivity index (χ3v) is 4.06. The quantitative estimate of drug-likeness (QED) is 0.594. The van der Waals surface area contributed by atoms with Gasteiger partial charge in [-0.15, -0.1) is 0 Å². The number of hydrogen-bond donors (Lipinski definition) is 0. The van der Waals surface area contributed by atoms with Crippen molar-refractivity contribution in [3.63, 3.8) is 0 Å². The number of carbonyl (C=O) groups is 2. The van der Waals surface area contributed by atoms with Gasteiger partial charge in [0.1, 0.15) is 0 Å². The Morgan fingerprint density at radius 1 is 1.35 bits per heavy atom. The van der Waals surface area contributed by atoms with Gasteiger partial charge >= 0.3 is 0 Å². The molecule has 1 aromatic rings. The monoisotopic (exact) mass is 347 g/mol. The van der Waals surface area contributed by atoms with Crippen LogP contribution in [-0.2, 0) is 9.59 Å². The van der Waals surface area contributed by atoms with Crippen molar-refractivity contribution in [2.45, 2.75) is 13.3 Å². The molecule has 0 amide bonds. The van der Waals surface area contributed by atoms with Crippen LogP contribution in [0.2, 0.25) is 10.0 Å². The maximum Gasteiger partial charge on any atom is 0.210 e. The lowest BCUT2D eigenvalue weighted by atomic mass is 10.0. The van der Waals surface area contributed by atoms with E-state index in [0.717, 1.165) is 0 Å². The van der Waals surface area contributed by atoms with E-state index in [1.54, 1.807) is 30.4 Å². The zero-order chi connectivity index (χ0) is 16.8. The second-order valence-corrected chi connectivity index (χ2v) is 5.59. The van der Waals surface area contributed by atoms with E-state index in [0.29, 0.717) is 34.3 Å². The van der Waals surface area contributed by atoms with Gasteiger partial charge < -0.3 is 0 Å². The molecule has 1 aliphatic carbocycles. The van der Waals surface area contributed by atoms with Crippen molar-refractivity contribution in [3.05, 3.63) is 63.7 Å². The van der Waals surface area contributed by atoms with Gasteiger partial charge in [-0.2, -0.15) is 0 Å². The summed E-state index contributed by atoms with van der Waals surface area (Å²) in [5.41, 5.74) is 1.11. The van der Waals surface area contributed by atoms with Crippen LogP contribution in [0.1, 0.15) is 18.9 Å². The molecule has 118 valence electrons. The first-order valence-corrected chi connectivity index (χ1v) is 7.91. The number of aliphatic imine (C=N–C) groups is 1. The molecule has 0 unspecified atom stereocenters. The molecule has 0 bridgehead atoms. The number of allylic oxidation sites excluding steroid dienone is 5. The highest BCUT2D eigenvalue weighted by Gasteiger charge is 2.21. The second kappa shape index (κ2) is 8.04. The van der Waals surface area contributed by atoms with Gasteiger partial charge in [0.25, 0.3) is 0 Å². The molecule has 0 spiro atoms. The van der Waals surface area contributed by atoms with Crippen LogP contribution >= 0.6 is 23.2 Å². The molecular weight excluding hydrogens is 333 g/mol. The van der Waals surface area contributed by atoms with Crippen LogP contribution in [0.3, 0.4) is 0 Å². The molecule has 0 saturated heterocycles. The Kier molecular flexibility index (Phi) is 6.08. The smallest absolute Gasteiger partial charge is 0.210 e. The fourth-order valence-electron chi connectivity index (χ4n) is 2.09. The van der Waals surface area contributed by atoms with Crippen molar-refractivity contribution in [3.8, 4) is 0 Å². The van der Waals surface area contributed by atoms with Gasteiger partial charge in [0.05, 0.1) is 21.3 Å². The molecule has 3 nitrogen and oxygen atoms in total. The lowest BCUT2D eigenvalue weighted by Crippen LogP contribution is -2.20. The van der Waals surface area contributed by atoms with E-state index in [1.807, 2.05) is 13.0 Å². The van der Waals surface area contributed by atoms with Crippen LogP contribution in [0.15, 0.2) is 53.1 Å². The predicted octanol–water partition coefficient (Wildman–Crippen LogP) is 4.49. The van der Waals surface area contributed by atoms with Crippen molar-refractivity contribution in [2.24, 2.45) is 4.99 Å². The number of halogens is 2. The first kappa shape index (κ1) is 17.4. The molecule has 0 atom stereocenters. The van der Waals surface area contributed by atoms with Gasteiger partial charge in [-0.3, -0.25) is 14.6 Å². The Bertz CT molecular complexity index is 758. The molecule has 0 heterocycles. The average Bonchev–Trinajstić information content (AvgIpc) is 2.71. The van der Waals surface area contributed by atoms with Crippen molar-refractivity contribution in [1.29, 1.82) is 0 Å². The molecular formula is C18H15Cl2NO2. The normalized spacial score (nSPS) is 16.7. The molecule has 0 saturated carbocycles. The highest BCUT2D eigenvalue weighted by atomic mass is 35.5. The molecule has 5 heteroatoms. The van der Waals surface area contributed by atoms with Crippen LogP contribution in [0, 0.1) is 0 Å². The van der Waals surface area contributed by atoms with E-state index in [4.69, 9.17) is 23.2 Å². The van der Waals surface area contributed by atoms with Crippen molar-refractivity contribution < 1.29 is 9.59 Å². The van der Waals surface area contributed by atoms with Crippen LogP contribution in [0.4, 0.5) is 0 Å².